The van der Waals surface area contributed by atoms with Crippen LogP contribution in [0, 0.1) is 0 Å². The number of furan rings is 1. The normalized spacial score (nSPS) is 11.0. The zero-order chi connectivity index (χ0) is 28.1. The first-order valence-corrected chi connectivity index (χ1v) is 12.1. The van der Waals surface area contributed by atoms with Gasteiger partial charge in [-0.1, -0.05) is 30.3 Å². The van der Waals surface area contributed by atoms with E-state index < -0.39 is 11.9 Å². The van der Waals surface area contributed by atoms with E-state index in [9.17, 15) is 9.59 Å². The predicted molar refractivity (Wildman–Crippen MR) is 149 cm³/mol. The van der Waals surface area contributed by atoms with Gasteiger partial charge in [0.2, 0.25) is 5.76 Å². The number of carbonyl (C=O) groups is 2. The number of carbonyl (C=O) groups excluding carboxylic acids is 2. The molecule has 10 heteroatoms. The van der Waals surface area contributed by atoms with Gasteiger partial charge < -0.3 is 28.3 Å². The van der Waals surface area contributed by atoms with Gasteiger partial charge in [0.05, 0.1) is 44.7 Å². The molecule has 0 unspecified atom stereocenters. The van der Waals surface area contributed by atoms with Crippen molar-refractivity contribution < 1.29 is 33.0 Å². The van der Waals surface area contributed by atoms with Crippen molar-refractivity contribution >= 4 is 29.0 Å². The van der Waals surface area contributed by atoms with Crippen LogP contribution in [-0.4, -0.2) is 44.4 Å². The summed E-state index contributed by atoms with van der Waals surface area (Å²) < 4.78 is 26.9. The third-order valence-electron chi connectivity index (χ3n) is 6.10. The molecule has 0 aliphatic carbocycles. The van der Waals surface area contributed by atoms with Crippen LogP contribution in [0.4, 0.5) is 0 Å². The van der Waals surface area contributed by atoms with Crippen molar-refractivity contribution in [3.8, 4) is 34.1 Å². The highest BCUT2D eigenvalue weighted by molar-refractivity contribution is 6.13. The molecule has 0 saturated carbocycles. The van der Waals surface area contributed by atoms with Gasteiger partial charge >= 0.3 is 5.97 Å². The fourth-order valence-electron chi connectivity index (χ4n) is 4.27. The Bertz CT molecular complexity index is 1690. The number of amides is 1. The molecule has 5 aromatic rings. The van der Waals surface area contributed by atoms with Gasteiger partial charge in [-0.25, -0.2) is 10.2 Å². The monoisotopic (exact) mass is 539 g/mol. The van der Waals surface area contributed by atoms with Crippen LogP contribution in [-0.2, 0) is 0 Å². The number of benzene rings is 3. The number of hydrazone groups is 1. The predicted octanol–water partition coefficient (Wildman–Crippen LogP) is 5.44. The number of fused-ring (bicyclic) bond motifs is 1. The number of H-pyrrole nitrogens is 1. The molecule has 0 atom stereocenters. The second-order valence-electron chi connectivity index (χ2n) is 8.44. The first kappa shape index (κ1) is 26.1. The number of aromatic nitrogens is 1. The number of nitrogens with zero attached hydrogens (tertiary/aromatic N) is 1. The zero-order valence-corrected chi connectivity index (χ0v) is 21.9. The molecular formula is C30H25N3O7. The Morgan fingerprint density at radius 2 is 1.57 bits per heavy atom. The summed E-state index contributed by atoms with van der Waals surface area (Å²) in [6, 6.07) is 21.0. The molecule has 202 valence electrons. The van der Waals surface area contributed by atoms with Crippen LogP contribution in [0.25, 0.3) is 22.0 Å². The van der Waals surface area contributed by atoms with Crippen molar-refractivity contribution in [2.75, 3.05) is 21.3 Å². The molecule has 0 saturated heterocycles. The summed E-state index contributed by atoms with van der Waals surface area (Å²) in [6.07, 6.45) is 2.83. The average molecular weight is 540 g/mol. The molecular weight excluding hydrogens is 514 g/mol. The second kappa shape index (κ2) is 11.5. The smallest absolute Gasteiger partial charge is 0.379 e. The third kappa shape index (κ3) is 5.10. The number of esters is 1. The van der Waals surface area contributed by atoms with E-state index in [1.54, 1.807) is 50.6 Å². The number of rotatable bonds is 9. The van der Waals surface area contributed by atoms with E-state index in [1.807, 2.05) is 30.3 Å². The van der Waals surface area contributed by atoms with E-state index in [0.29, 0.717) is 45.0 Å². The second-order valence-corrected chi connectivity index (χ2v) is 8.44. The lowest BCUT2D eigenvalue weighted by Crippen LogP contribution is -2.19. The van der Waals surface area contributed by atoms with Crippen LogP contribution in [0.3, 0.4) is 0 Å². The van der Waals surface area contributed by atoms with Crippen LogP contribution >= 0.6 is 0 Å². The summed E-state index contributed by atoms with van der Waals surface area (Å²) in [5, 5.41) is 4.84. The largest absolute Gasteiger partial charge is 0.496 e. The van der Waals surface area contributed by atoms with E-state index in [2.05, 4.69) is 15.5 Å². The molecule has 2 heterocycles. The third-order valence-corrected chi connectivity index (χ3v) is 6.10. The molecule has 0 fully saturated rings. The highest BCUT2D eigenvalue weighted by Gasteiger charge is 2.24. The molecule has 0 aliphatic heterocycles. The lowest BCUT2D eigenvalue weighted by Gasteiger charge is -2.09. The zero-order valence-electron chi connectivity index (χ0n) is 21.9. The van der Waals surface area contributed by atoms with Crippen LogP contribution in [0.1, 0.15) is 26.6 Å². The van der Waals surface area contributed by atoms with Gasteiger partial charge in [-0.15, -0.1) is 0 Å². The molecule has 2 N–H and O–H groups in total. The Morgan fingerprint density at radius 1 is 0.850 bits per heavy atom. The Hall–Kier alpha value is -5.51. The number of nitrogens with one attached hydrogen (secondary N) is 2. The number of methoxy groups -OCH3 is 3. The highest BCUT2D eigenvalue weighted by atomic mass is 16.6. The van der Waals surface area contributed by atoms with Gasteiger partial charge in [0, 0.05) is 5.56 Å². The maximum atomic E-state index is 13.4. The summed E-state index contributed by atoms with van der Waals surface area (Å²) in [5.41, 5.74) is 5.56. The quantitative estimate of drug-likeness (QED) is 0.111. The van der Waals surface area contributed by atoms with E-state index in [0.717, 1.165) is 5.56 Å². The molecule has 0 radical (unpaired) electrons. The number of hydrogen-bond donors (Lipinski definition) is 2. The maximum absolute atomic E-state index is 13.4. The number of hydrogen-bond acceptors (Lipinski definition) is 8. The van der Waals surface area contributed by atoms with E-state index in [4.69, 9.17) is 23.4 Å². The molecule has 0 spiro atoms. The lowest BCUT2D eigenvalue weighted by molar-refractivity contribution is 0.0696. The van der Waals surface area contributed by atoms with Gasteiger partial charge in [-0.05, 0) is 53.6 Å². The van der Waals surface area contributed by atoms with Gasteiger partial charge in [0.15, 0.2) is 11.5 Å². The Balaban J connectivity index is 1.42. The van der Waals surface area contributed by atoms with E-state index in [-0.39, 0.29) is 11.5 Å². The van der Waals surface area contributed by atoms with Gasteiger partial charge in [-0.3, -0.25) is 4.79 Å². The minimum absolute atomic E-state index is 0.0671. The molecule has 0 bridgehead atoms. The SMILES string of the molecule is COc1cc(C=NNC(=O)c2[nH]c3c(OC)ccc(OC)c3c2-c2ccccc2)ccc1OC(=O)c1ccco1. The van der Waals surface area contributed by atoms with Gasteiger partial charge in [-0.2, -0.15) is 5.10 Å². The summed E-state index contributed by atoms with van der Waals surface area (Å²) in [6.45, 7) is 0. The standard InChI is InChI=1S/C30H25N3O7/c1-36-21-13-14-22(37-2)27-26(21)25(19-8-5-4-6-9-19)28(32-27)29(34)33-31-17-18-11-12-20(24(16-18)38-3)40-30(35)23-10-7-15-39-23/h4-17,32H,1-3H3,(H,33,34). The topological polar surface area (TPSA) is 124 Å². The molecule has 10 nitrogen and oxygen atoms in total. The van der Waals surface area contributed by atoms with Crippen molar-refractivity contribution in [1.29, 1.82) is 0 Å². The van der Waals surface area contributed by atoms with Crippen LogP contribution in [0.15, 0.2) is 88.6 Å². The average Bonchev–Trinajstić information content (AvgIpc) is 3.67. The first-order valence-electron chi connectivity index (χ1n) is 12.1. The molecule has 40 heavy (non-hydrogen) atoms. The van der Waals surface area contributed by atoms with Crippen LogP contribution < -0.4 is 24.4 Å². The van der Waals surface area contributed by atoms with Crippen molar-refractivity contribution in [1.82, 2.24) is 10.4 Å². The fourth-order valence-corrected chi connectivity index (χ4v) is 4.27. The Morgan fingerprint density at radius 3 is 2.27 bits per heavy atom. The van der Waals surface area contributed by atoms with E-state index >= 15 is 0 Å². The minimum atomic E-state index is -0.655. The van der Waals surface area contributed by atoms with Crippen LogP contribution in [0.2, 0.25) is 0 Å². The summed E-state index contributed by atoms with van der Waals surface area (Å²) in [4.78, 5) is 28.8. The van der Waals surface area contributed by atoms with Crippen LogP contribution in [0.5, 0.6) is 23.0 Å². The number of ether oxygens (including phenoxy) is 4. The molecule has 1 amide bonds. The molecule has 0 aliphatic rings. The molecule has 2 aromatic heterocycles. The van der Waals surface area contributed by atoms with Gasteiger partial charge in [0.25, 0.3) is 5.91 Å². The van der Waals surface area contributed by atoms with Crippen molar-refractivity contribution in [3.05, 3.63) is 96.1 Å². The fraction of sp³-hybridized carbons (Fsp3) is 0.100. The lowest BCUT2D eigenvalue weighted by atomic mass is 10.0. The summed E-state index contributed by atoms with van der Waals surface area (Å²) in [5.74, 6) is 0.612. The molecule has 5 rings (SSSR count). The summed E-state index contributed by atoms with van der Waals surface area (Å²) >= 11 is 0. The highest BCUT2D eigenvalue weighted by Crippen LogP contribution is 2.42. The Labute approximate surface area is 229 Å². The van der Waals surface area contributed by atoms with Crippen molar-refractivity contribution in [2.24, 2.45) is 5.10 Å². The first-order chi connectivity index (χ1) is 19.5. The number of aromatic amines is 1. The minimum Gasteiger partial charge on any atom is -0.496 e. The molecule has 3 aromatic carbocycles. The summed E-state index contributed by atoms with van der Waals surface area (Å²) in [7, 11) is 4.59. The van der Waals surface area contributed by atoms with Crippen molar-refractivity contribution in [3.63, 3.8) is 0 Å². The Kier molecular flexibility index (Phi) is 7.49. The van der Waals surface area contributed by atoms with E-state index in [1.165, 1.54) is 25.7 Å². The van der Waals surface area contributed by atoms with Gasteiger partial charge in [0.1, 0.15) is 17.2 Å². The van der Waals surface area contributed by atoms with Crippen molar-refractivity contribution in [2.45, 2.75) is 0 Å². The maximum Gasteiger partial charge on any atom is 0.379 e.